The fourth-order valence-corrected chi connectivity index (χ4v) is 2.99. The van der Waals surface area contributed by atoms with E-state index >= 15 is 0 Å². The van der Waals surface area contributed by atoms with Crippen LogP contribution in [0.2, 0.25) is 0 Å². The summed E-state index contributed by atoms with van der Waals surface area (Å²) < 4.78 is 110. The van der Waals surface area contributed by atoms with Gasteiger partial charge in [-0.1, -0.05) is 19.3 Å². The monoisotopic (exact) mass is 484 g/mol. The molecule has 1 saturated carbocycles. The first-order valence-electron chi connectivity index (χ1n) is 8.98. The van der Waals surface area contributed by atoms with E-state index in [-0.39, 0.29) is 12.8 Å². The lowest BCUT2D eigenvalue weighted by atomic mass is 9.89. The van der Waals surface area contributed by atoms with Gasteiger partial charge in [-0.05, 0) is 19.8 Å². The molecule has 15 heteroatoms. The predicted octanol–water partition coefficient (Wildman–Crippen LogP) is 2.39. The van der Waals surface area contributed by atoms with Gasteiger partial charge in [0.15, 0.2) is 5.78 Å². The van der Waals surface area contributed by atoms with Crippen LogP contribution in [0.5, 0.6) is 0 Å². The Morgan fingerprint density at radius 2 is 1.58 bits per heavy atom. The van der Waals surface area contributed by atoms with E-state index in [4.69, 9.17) is 4.55 Å². The van der Waals surface area contributed by atoms with Crippen molar-refractivity contribution in [1.29, 1.82) is 0 Å². The number of hydrogen-bond donors (Lipinski definition) is 1. The molecule has 0 radical (unpaired) electrons. The maximum Gasteiger partial charge on any atom is 0.468 e. The van der Waals surface area contributed by atoms with Crippen LogP contribution in [0.4, 0.5) is 22.0 Å². The SMILES string of the molecule is CC(=O)COC(=O)C(OCCC(F)(F)S(=O)(=O)O)(OC(=O)C1CCCCC1)C(F)(F)F. The molecule has 1 rings (SSSR count). The number of ether oxygens (including phenoxy) is 3. The van der Waals surface area contributed by atoms with Crippen molar-refractivity contribution in [1.82, 2.24) is 0 Å². The molecule has 1 atom stereocenters. The molecule has 0 bridgehead atoms. The lowest BCUT2D eigenvalue weighted by Gasteiger charge is -2.34. The number of rotatable bonds is 10. The van der Waals surface area contributed by atoms with E-state index in [1.807, 2.05) is 0 Å². The van der Waals surface area contributed by atoms with Gasteiger partial charge in [-0.25, -0.2) is 4.79 Å². The van der Waals surface area contributed by atoms with Gasteiger partial charge in [-0.3, -0.25) is 14.1 Å². The first-order chi connectivity index (χ1) is 14.0. The van der Waals surface area contributed by atoms with Crippen LogP contribution >= 0.6 is 0 Å². The first kappa shape index (κ1) is 27.2. The molecule has 9 nitrogen and oxygen atoms in total. The van der Waals surface area contributed by atoms with Crippen LogP contribution in [-0.2, 0) is 38.7 Å². The number of hydrogen-bond acceptors (Lipinski definition) is 8. The summed E-state index contributed by atoms with van der Waals surface area (Å²) in [7, 11) is -6.00. The van der Waals surface area contributed by atoms with Gasteiger partial charge in [0, 0.05) is 0 Å². The molecular weight excluding hydrogens is 463 g/mol. The van der Waals surface area contributed by atoms with Gasteiger partial charge in [-0.15, -0.1) is 0 Å². The minimum absolute atomic E-state index is 0.149. The topological polar surface area (TPSA) is 133 Å². The molecule has 31 heavy (non-hydrogen) atoms. The Labute approximate surface area is 173 Å². The molecule has 1 unspecified atom stereocenters. The van der Waals surface area contributed by atoms with Crippen LogP contribution in [0, 0.1) is 5.92 Å². The summed E-state index contributed by atoms with van der Waals surface area (Å²) >= 11 is 0. The average molecular weight is 484 g/mol. The quantitative estimate of drug-likeness (QED) is 0.215. The molecule has 0 aromatic rings. The number of carbonyl (C=O) groups is 3. The van der Waals surface area contributed by atoms with Crippen molar-refractivity contribution in [2.45, 2.75) is 62.7 Å². The zero-order chi connectivity index (χ0) is 24.1. The molecular formula is C16H21F5O9S. The van der Waals surface area contributed by atoms with Crippen molar-refractivity contribution in [2.75, 3.05) is 13.2 Å². The number of Topliss-reactive ketones (excluding diaryl/α,β-unsaturated/α-hetero) is 1. The molecule has 0 aliphatic heterocycles. The molecule has 1 aliphatic rings. The number of alkyl halides is 5. The highest BCUT2D eigenvalue weighted by Gasteiger charge is 2.68. The summed E-state index contributed by atoms with van der Waals surface area (Å²) in [5, 5.41) is -4.92. The molecule has 0 heterocycles. The smallest absolute Gasteiger partial charge is 0.453 e. The van der Waals surface area contributed by atoms with Crippen molar-refractivity contribution >= 4 is 27.8 Å². The van der Waals surface area contributed by atoms with E-state index in [1.54, 1.807) is 0 Å². The van der Waals surface area contributed by atoms with Crippen molar-refractivity contribution < 1.29 is 63.5 Å². The molecule has 1 fully saturated rings. The first-order valence-corrected chi connectivity index (χ1v) is 10.4. The summed E-state index contributed by atoms with van der Waals surface area (Å²) in [4.78, 5) is 35.3. The van der Waals surface area contributed by atoms with E-state index in [0.29, 0.717) is 12.8 Å². The second-order valence-corrected chi connectivity index (χ2v) is 8.41. The van der Waals surface area contributed by atoms with E-state index in [9.17, 15) is 44.8 Å². The number of halogens is 5. The Morgan fingerprint density at radius 3 is 2.03 bits per heavy atom. The molecule has 0 saturated heterocycles. The van der Waals surface area contributed by atoms with E-state index in [0.717, 1.165) is 13.3 Å². The Morgan fingerprint density at radius 1 is 1.03 bits per heavy atom. The Hall–Kier alpha value is -1.87. The normalized spacial score (nSPS) is 18.2. The van der Waals surface area contributed by atoms with Gasteiger partial charge in [-0.2, -0.15) is 30.4 Å². The van der Waals surface area contributed by atoms with Gasteiger partial charge in [0.2, 0.25) is 0 Å². The van der Waals surface area contributed by atoms with Gasteiger partial charge in [0.25, 0.3) is 0 Å². The standard InChI is InChI=1S/C16H21F5O9S/c1-10(22)9-28-13(24)15(16(19,20)21,29-8-7-14(17,18)31(25,26)27)30-12(23)11-5-3-2-4-6-11/h11H,2-9H2,1H3,(H,25,26,27). The minimum atomic E-state index is -6.00. The number of carbonyl (C=O) groups excluding carboxylic acids is 3. The summed E-state index contributed by atoms with van der Waals surface area (Å²) in [6.45, 7) is -2.09. The van der Waals surface area contributed by atoms with Crippen molar-refractivity contribution in [3.63, 3.8) is 0 Å². The highest BCUT2D eigenvalue weighted by atomic mass is 32.2. The largest absolute Gasteiger partial charge is 0.468 e. The van der Waals surface area contributed by atoms with Gasteiger partial charge < -0.3 is 14.2 Å². The summed E-state index contributed by atoms with van der Waals surface area (Å²) in [6.07, 6.45) is -5.85. The van der Waals surface area contributed by atoms with E-state index in [1.165, 1.54) is 0 Å². The lowest BCUT2D eigenvalue weighted by Crippen LogP contribution is -2.59. The molecule has 1 N–H and O–H groups in total. The number of esters is 2. The predicted molar refractivity (Wildman–Crippen MR) is 90.2 cm³/mol. The number of ketones is 1. The molecule has 1 aliphatic carbocycles. The third-order valence-corrected chi connectivity index (χ3v) is 5.27. The zero-order valence-corrected chi connectivity index (χ0v) is 17.1. The minimum Gasteiger partial charge on any atom is -0.453 e. The third-order valence-electron chi connectivity index (χ3n) is 4.31. The Bertz CT molecular complexity index is 775. The fourth-order valence-electron chi connectivity index (χ4n) is 2.65. The molecule has 0 aromatic heterocycles. The van der Waals surface area contributed by atoms with Crippen molar-refractivity contribution in [3.05, 3.63) is 0 Å². The molecule has 180 valence electrons. The van der Waals surface area contributed by atoms with Crippen molar-refractivity contribution in [2.24, 2.45) is 5.92 Å². The summed E-state index contributed by atoms with van der Waals surface area (Å²) in [5.41, 5.74) is 0. The van der Waals surface area contributed by atoms with E-state index < -0.39 is 70.6 Å². The Kier molecular flexibility index (Phi) is 8.91. The zero-order valence-electron chi connectivity index (χ0n) is 16.2. The van der Waals surface area contributed by atoms with E-state index in [2.05, 4.69) is 14.2 Å². The van der Waals surface area contributed by atoms with Gasteiger partial charge in [0.1, 0.15) is 6.61 Å². The maximum atomic E-state index is 13.8. The van der Waals surface area contributed by atoms with Crippen molar-refractivity contribution in [3.8, 4) is 0 Å². The summed E-state index contributed by atoms with van der Waals surface area (Å²) in [5.74, 6) is -10.3. The molecule has 0 aromatic carbocycles. The molecule has 0 spiro atoms. The highest BCUT2D eigenvalue weighted by Crippen LogP contribution is 2.39. The fraction of sp³-hybridized carbons (Fsp3) is 0.812. The Balaban J connectivity index is 3.20. The molecule has 0 amide bonds. The average Bonchev–Trinajstić information content (AvgIpc) is 2.63. The second kappa shape index (κ2) is 10.2. The second-order valence-electron chi connectivity index (χ2n) is 6.86. The van der Waals surface area contributed by atoms with Gasteiger partial charge >= 0.3 is 39.3 Å². The van der Waals surface area contributed by atoms with Gasteiger partial charge in [0.05, 0.1) is 18.9 Å². The van der Waals surface area contributed by atoms with Crippen LogP contribution in [0.3, 0.4) is 0 Å². The van der Waals surface area contributed by atoms with Crippen LogP contribution in [-0.4, -0.2) is 61.1 Å². The third kappa shape index (κ3) is 7.07. The van der Waals surface area contributed by atoms with Crippen LogP contribution in [0.25, 0.3) is 0 Å². The van der Waals surface area contributed by atoms with Crippen LogP contribution < -0.4 is 0 Å². The van der Waals surface area contributed by atoms with Crippen LogP contribution in [0.15, 0.2) is 0 Å². The highest BCUT2D eigenvalue weighted by molar-refractivity contribution is 7.86. The lowest BCUT2D eigenvalue weighted by molar-refractivity contribution is -0.357. The summed E-state index contributed by atoms with van der Waals surface area (Å²) in [6, 6.07) is 0. The van der Waals surface area contributed by atoms with Crippen LogP contribution in [0.1, 0.15) is 45.4 Å². The maximum absolute atomic E-state index is 13.8.